The fourth-order valence-electron chi connectivity index (χ4n) is 2.94. The molecule has 0 spiro atoms. The van der Waals surface area contributed by atoms with Gasteiger partial charge in [-0.3, -0.25) is 0 Å². The number of carbonyl (C=O) groups excluding carboxylic acids is 1. The number of ether oxygens (including phenoxy) is 2. The van der Waals surface area contributed by atoms with Crippen molar-refractivity contribution < 1.29 is 19.4 Å². The quantitative estimate of drug-likeness (QED) is 0.662. The second kappa shape index (κ2) is 6.71. The highest BCUT2D eigenvalue weighted by atomic mass is 16.6. The molecule has 0 amide bonds. The van der Waals surface area contributed by atoms with Crippen LogP contribution >= 0.6 is 0 Å². The van der Waals surface area contributed by atoms with Gasteiger partial charge in [0, 0.05) is 10.9 Å². The van der Waals surface area contributed by atoms with Crippen LogP contribution in [0.3, 0.4) is 0 Å². The minimum atomic E-state index is -0.635. The zero-order valence-corrected chi connectivity index (χ0v) is 15.4. The largest absolute Gasteiger partial charge is 0.507 e. The summed E-state index contributed by atoms with van der Waals surface area (Å²) < 4.78 is 10.9. The van der Waals surface area contributed by atoms with Crippen LogP contribution in [0, 0.1) is 0 Å². The molecule has 0 aromatic heterocycles. The van der Waals surface area contributed by atoms with Crippen molar-refractivity contribution in [2.75, 3.05) is 7.11 Å². The lowest BCUT2D eigenvalue weighted by atomic mass is 9.92. The number of aromatic hydroxyl groups is 1. The molecule has 0 atom stereocenters. The topological polar surface area (TPSA) is 55.8 Å². The molecule has 0 saturated heterocycles. The predicted molar refractivity (Wildman–Crippen MR) is 103 cm³/mol. The molecular formula is C22H22O4. The van der Waals surface area contributed by atoms with Gasteiger partial charge in [0.15, 0.2) is 0 Å². The second-order valence-electron chi connectivity index (χ2n) is 7.10. The first-order valence-electron chi connectivity index (χ1n) is 8.42. The lowest BCUT2D eigenvalue weighted by molar-refractivity contribution is 0.00702. The van der Waals surface area contributed by atoms with Crippen molar-refractivity contribution in [1.29, 1.82) is 0 Å². The smallest absolute Gasteiger partial charge is 0.339 e. The van der Waals surface area contributed by atoms with E-state index in [-0.39, 0.29) is 5.75 Å². The average Bonchev–Trinajstić information content (AvgIpc) is 2.60. The first-order valence-corrected chi connectivity index (χ1v) is 8.42. The molecule has 0 aliphatic carbocycles. The average molecular weight is 350 g/mol. The molecule has 3 aromatic rings. The Morgan fingerprint density at radius 3 is 2.31 bits per heavy atom. The maximum Gasteiger partial charge on any atom is 0.339 e. The summed E-state index contributed by atoms with van der Waals surface area (Å²) in [6, 6.07) is 16.4. The van der Waals surface area contributed by atoms with Crippen molar-refractivity contribution in [3.63, 3.8) is 0 Å². The fourth-order valence-corrected chi connectivity index (χ4v) is 2.94. The molecule has 0 radical (unpaired) electrons. The third-order valence-corrected chi connectivity index (χ3v) is 4.00. The number of methoxy groups -OCH3 is 1. The summed E-state index contributed by atoms with van der Waals surface area (Å²) >= 11 is 0. The molecule has 1 N–H and O–H groups in total. The molecule has 0 bridgehead atoms. The molecule has 0 unspecified atom stereocenters. The Kier molecular flexibility index (Phi) is 4.60. The van der Waals surface area contributed by atoms with Crippen molar-refractivity contribution in [1.82, 2.24) is 0 Å². The number of esters is 1. The number of hydrogen-bond donors (Lipinski definition) is 1. The lowest BCUT2D eigenvalue weighted by Crippen LogP contribution is -2.24. The van der Waals surface area contributed by atoms with E-state index in [9.17, 15) is 9.90 Å². The minimum Gasteiger partial charge on any atom is -0.507 e. The summed E-state index contributed by atoms with van der Waals surface area (Å²) in [6.07, 6.45) is 0. The van der Waals surface area contributed by atoms with E-state index in [0.29, 0.717) is 22.3 Å². The van der Waals surface area contributed by atoms with E-state index in [4.69, 9.17) is 9.47 Å². The first kappa shape index (κ1) is 17.8. The van der Waals surface area contributed by atoms with Gasteiger partial charge in [-0.1, -0.05) is 36.4 Å². The Bertz CT molecular complexity index is 968. The molecule has 26 heavy (non-hydrogen) atoms. The van der Waals surface area contributed by atoms with Crippen LogP contribution in [0.15, 0.2) is 54.6 Å². The van der Waals surface area contributed by atoms with E-state index in [1.165, 1.54) is 6.07 Å². The second-order valence-corrected chi connectivity index (χ2v) is 7.10. The molecule has 3 aromatic carbocycles. The molecule has 4 heteroatoms. The summed E-state index contributed by atoms with van der Waals surface area (Å²) in [5.74, 6) is 0.263. The molecule has 0 aliphatic heterocycles. The van der Waals surface area contributed by atoms with Gasteiger partial charge < -0.3 is 14.6 Å². The standard InChI is InChI=1S/C22H22O4/c1-22(2,3)26-21(24)18-13-19(23)16-10-5-6-11-17(16)20(18)14-8-7-9-15(12-14)25-4/h5-13,23H,1-4H3. The van der Waals surface area contributed by atoms with E-state index >= 15 is 0 Å². The molecule has 0 saturated carbocycles. The fraction of sp³-hybridized carbons (Fsp3) is 0.227. The van der Waals surface area contributed by atoms with Gasteiger partial charge in [0.2, 0.25) is 0 Å². The van der Waals surface area contributed by atoms with Gasteiger partial charge in [-0.25, -0.2) is 4.79 Å². The summed E-state index contributed by atoms with van der Waals surface area (Å²) in [6.45, 7) is 5.45. The van der Waals surface area contributed by atoms with Gasteiger partial charge in [-0.2, -0.15) is 0 Å². The number of phenolic OH excluding ortho intramolecular Hbond substituents is 1. The predicted octanol–water partition coefficient (Wildman–Crippen LogP) is 5.18. The monoisotopic (exact) mass is 350 g/mol. The summed E-state index contributed by atoms with van der Waals surface area (Å²) in [5.41, 5.74) is 1.22. The SMILES string of the molecule is COc1cccc(-c2c(C(=O)OC(C)(C)C)cc(O)c3ccccc23)c1. The van der Waals surface area contributed by atoms with Crippen LogP contribution in [0.5, 0.6) is 11.5 Å². The summed E-state index contributed by atoms with van der Waals surface area (Å²) in [4.78, 5) is 12.8. The Labute approximate surface area is 153 Å². The van der Waals surface area contributed by atoms with Crippen LogP contribution in [-0.2, 0) is 4.74 Å². The summed E-state index contributed by atoms with van der Waals surface area (Å²) in [5, 5.41) is 11.9. The third-order valence-electron chi connectivity index (χ3n) is 4.00. The molecule has 0 heterocycles. The van der Waals surface area contributed by atoms with E-state index < -0.39 is 11.6 Å². The van der Waals surface area contributed by atoms with Gasteiger partial charge >= 0.3 is 5.97 Å². The first-order chi connectivity index (χ1) is 12.3. The molecule has 0 fully saturated rings. The lowest BCUT2D eigenvalue weighted by Gasteiger charge is -2.21. The molecule has 4 nitrogen and oxygen atoms in total. The van der Waals surface area contributed by atoms with Crippen LogP contribution in [0.2, 0.25) is 0 Å². The normalized spacial score (nSPS) is 11.4. The Hall–Kier alpha value is -3.01. The van der Waals surface area contributed by atoms with Crippen molar-refractivity contribution in [2.24, 2.45) is 0 Å². The van der Waals surface area contributed by atoms with Crippen molar-refractivity contribution in [3.05, 3.63) is 60.2 Å². The highest BCUT2D eigenvalue weighted by Gasteiger charge is 2.24. The van der Waals surface area contributed by atoms with Crippen LogP contribution in [-0.4, -0.2) is 23.8 Å². The van der Waals surface area contributed by atoms with Crippen LogP contribution < -0.4 is 4.74 Å². The number of fused-ring (bicyclic) bond motifs is 1. The van der Waals surface area contributed by atoms with Gasteiger partial charge in [-0.15, -0.1) is 0 Å². The van der Waals surface area contributed by atoms with Crippen molar-refractivity contribution in [3.8, 4) is 22.6 Å². The van der Waals surface area contributed by atoms with E-state index in [1.54, 1.807) is 7.11 Å². The number of carbonyl (C=O) groups is 1. The van der Waals surface area contributed by atoms with Gasteiger partial charge in [0.05, 0.1) is 12.7 Å². The van der Waals surface area contributed by atoms with Crippen molar-refractivity contribution in [2.45, 2.75) is 26.4 Å². The third kappa shape index (κ3) is 3.49. The number of benzene rings is 3. The molecule has 134 valence electrons. The van der Waals surface area contributed by atoms with Gasteiger partial charge in [0.25, 0.3) is 0 Å². The molecular weight excluding hydrogens is 328 g/mol. The zero-order valence-electron chi connectivity index (χ0n) is 15.4. The van der Waals surface area contributed by atoms with Crippen LogP contribution in [0.1, 0.15) is 31.1 Å². The van der Waals surface area contributed by atoms with E-state index in [0.717, 1.165) is 10.9 Å². The minimum absolute atomic E-state index is 0.0492. The Morgan fingerprint density at radius 2 is 1.65 bits per heavy atom. The van der Waals surface area contributed by atoms with Crippen LogP contribution in [0.4, 0.5) is 0 Å². The molecule has 3 rings (SSSR count). The number of phenols is 1. The van der Waals surface area contributed by atoms with Gasteiger partial charge in [0.1, 0.15) is 17.1 Å². The highest BCUT2D eigenvalue weighted by Crippen LogP contribution is 2.39. The summed E-state index contributed by atoms with van der Waals surface area (Å²) in [7, 11) is 1.60. The van der Waals surface area contributed by atoms with Crippen molar-refractivity contribution >= 4 is 16.7 Å². The number of hydrogen-bond acceptors (Lipinski definition) is 4. The maximum atomic E-state index is 12.8. The van der Waals surface area contributed by atoms with E-state index in [1.807, 2.05) is 69.3 Å². The highest BCUT2D eigenvalue weighted by molar-refractivity contribution is 6.10. The van der Waals surface area contributed by atoms with Crippen LogP contribution in [0.25, 0.3) is 21.9 Å². The Morgan fingerprint density at radius 1 is 0.962 bits per heavy atom. The number of rotatable bonds is 3. The molecule has 0 aliphatic rings. The zero-order chi connectivity index (χ0) is 18.9. The van der Waals surface area contributed by atoms with E-state index in [2.05, 4.69) is 0 Å². The maximum absolute atomic E-state index is 12.8. The van der Waals surface area contributed by atoms with Gasteiger partial charge in [-0.05, 0) is 49.9 Å². The Balaban J connectivity index is 2.31.